The molecule has 2 aliphatic carbocycles. The van der Waals surface area contributed by atoms with Gasteiger partial charge < -0.3 is 4.52 Å². The summed E-state index contributed by atoms with van der Waals surface area (Å²) in [5, 5.41) is 4.14. The van der Waals surface area contributed by atoms with Crippen LogP contribution in [-0.2, 0) is 11.2 Å². The van der Waals surface area contributed by atoms with E-state index in [2.05, 4.69) is 10.1 Å². The van der Waals surface area contributed by atoms with Crippen LogP contribution in [0.5, 0.6) is 0 Å². The second-order valence-electron chi connectivity index (χ2n) is 5.83. The fourth-order valence-corrected chi connectivity index (χ4v) is 3.09. The maximum absolute atomic E-state index is 11.1. The number of hydrogen-bond donors (Lipinski definition) is 0. The summed E-state index contributed by atoms with van der Waals surface area (Å²) in [6.07, 6.45) is 8.16. The van der Waals surface area contributed by atoms with Crippen molar-refractivity contribution in [2.45, 2.75) is 57.8 Å². The Bertz CT molecular complexity index is 419. The van der Waals surface area contributed by atoms with Gasteiger partial charge in [0.05, 0.1) is 6.42 Å². The first-order valence-corrected chi connectivity index (χ1v) is 7.06. The monoisotopic (exact) mass is 248 g/mol. The van der Waals surface area contributed by atoms with Gasteiger partial charge in [0.25, 0.3) is 0 Å². The molecule has 0 spiro atoms. The molecule has 0 bridgehead atoms. The highest BCUT2D eigenvalue weighted by molar-refractivity contribution is 5.77. The summed E-state index contributed by atoms with van der Waals surface area (Å²) >= 11 is 0. The van der Waals surface area contributed by atoms with Gasteiger partial charge >= 0.3 is 0 Å². The number of Topliss-reactive ketones (excluding diaryl/α,β-unsaturated/α-hetero) is 1. The average Bonchev–Trinajstić information content (AvgIpc) is 2.58. The van der Waals surface area contributed by atoms with Gasteiger partial charge in [0.1, 0.15) is 5.78 Å². The van der Waals surface area contributed by atoms with E-state index < -0.39 is 0 Å². The quantitative estimate of drug-likeness (QED) is 0.804. The zero-order valence-electron chi connectivity index (χ0n) is 10.9. The lowest BCUT2D eigenvalue weighted by molar-refractivity contribution is -0.116. The number of rotatable bonds is 5. The van der Waals surface area contributed by atoms with Crippen LogP contribution in [0.3, 0.4) is 0 Å². The maximum atomic E-state index is 11.1. The molecule has 0 unspecified atom stereocenters. The van der Waals surface area contributed by atoms with Crippen LogP contribution in [0, 0.1) is 11.8 Å². The van der Waals surface area contributed by atoms with Crippen molar-refractivity contribution in [3.63, 3.8) is 0 Å². The molecule has 2 aliphatic rings. The number of nitrogens with zero attached hydrogens (tertiary/aromatic N) is 2. The van der Waals surface area contributed by atoms with E-state index in [4.69, 9.17) is 4.52 Å². The molecule has 4 heteroatoms. The lowest BCUT2D eigenvalue weighted by Crippen LogP contribution is -2.31. The van der Waals surface area contributed by atoms with Gasteiger partial charge in [-0.15, -0.1) is 0 Å². The minimum absolute atomic E-state index is 0.0778. The van der Waals surface area contributed by atoms with Crippen LogP contribution in [0.4, 0.5) is 0 Å². The van der Waals surface area contributed by atoms with Crippen molar-refractivity contribution in [3.05, 3.63) is 11.7 Å². The first-order chi connectivity index (χ1) is 8.74. The van der Waals surface area contributed by atoms with Crippen LogP contribution in [0.2, 0.25) is 0 Å². The highest BCUT2D eigenvalue weighted by atomic mass is 16.5. The fourth-order valence-electron chi connectivity index (χ4n) is 3.09. The molecule has 1 heterocycles. The zero-order chi connectivity index (χ0) is 12.5. The van der Waals surface area contributed by atoms with Gasteiger partial charge in [-0.05, 0) is 44.4 Å². The van der Waals surface area contributed by atoms with Crippen molar-refractivity contribution < 1.29 is 9.32 Å². The van der Waals surface area contributed by atoms with Crippen molar-refractivity contribution in [2.24, 2.45) is 11.8 Å². The lowest BCUT2D eigenvalue weighted by Gasteiger charge is -2.40. The summed E-state index contributed by atoms with van der Waals surface area (Å²) in [5.74, 6) is 3.41. The smallest absolute Gasteiger partial charge is 0.234 e. The van der Waals surface area contributed by atoms with E-state index in [0.717, 1.165) is 17.7 Å². The molecule has 0 aromatic carbocycles. The van der Waals surface area contributed by atoms with Crippen molar-refractivity contribution in [1.82, 2.24) is 10.1 Å². The van der Waals surface area contributed by atoms with E-state index in [9.17, 15) is 4.79 Å². The van der Waals surface area contributed by atoms with Gasteiger partial charge in [-0.25, -0.2) is 0 Å². The number of carbonyl (C=O) groups excluding carboxylic acids is 1. The first kappa shape index (κ1) is 11.9. The third-order valence-corrected chi connectivity index (χ3v) is 4.50. The third-order valence-electron chi connectivity index (χ3n) is 4.50. The molecule has 2 fully saturated rings. The Morgan fingerprint density at radius 1 is 1.28 bits per heavy atom. The van der Waals surface area contributed by atoms with Crippen LogP contribution < -0.4 is 0 Å². The van der Waals surface area contributed by atoms with E-state index in [1.807, 2.05) is 0 Å². The average molecular weight is 248 g/mol. The second-order valence-corrected chi connectivity index (χ2v) is 5.83. The Morgan fingerprint density at radius 2 is 1.89 bits per heavy atom. The van der Waals surface area contributed by atoms with Crippen molar-refractivity contribution in [2.75, 3.05) is 0 Å². The summed E-state index contributed by atoms with van der Waals surface area (Å²) < 4.78 is 5.21. The van der Waals surface area contributed by atoms with Crippen LogP contribution in [0.15, 0.2) is 4.52 Å². The number of ketones is 1. The molecule has 4 nitrogen and oxygen atoms in total. The van der Waals surface area contributed by atoms with Crippen LogP contribution in [-0.4, -0.2) is 15.9 Å². The minimum atomic E-state index is 0.0778. The molecule has 0 radical (unpaired) electrons. The first-order valence-electron chi connectivity index (χ1n) is 7.06. The van der Waals surface area contributed by atoms with Crippen molar-refractivity contribution in [3.8, 4) is 0 Å². The van der Waals surface area contributed by atoms with Gasteiger partial charge in [0.15, 0.2) is 5.82 Å². The van der Waals surface area contributed by atoms with E-state index in [0.29, 0.717) is 11.8 Å². The highest BCUT2D eigenvalue weighted by Gasteiger charge is 2.39. The normalized spacial score (nSPS) is 20.8. The lowest BCUT2D eigenvalue weighted by atomic mass is 9.64. The maximum Gasteiger partial charge on any atom is 0.234 e. The molecule has 0 aliphatic heterocycles. The minimum Gasteiger partial charge on any atom is -0.339 e. The Balaban J connectivity index is 1.76. The highest BCUT2D eigenvalue weighted by Crippen LogP contribution is 2.48. The molecule has 2 saturated carbocycles. The van der Waals surface area contributed by atoms with Gasteiger partial charge in [-0.3, -0.25) is 4.79 Å². The summed E-state index contributed by atoms with van der Waals surface area (Å²) in [7, 11) is 0. The van der Waals surface area contributed by atoms with Crippen molar-refractivity contribution >= 4 is 5.78 Å². The Kier molecular flexibility index (Phi) is 3.18. The topological polar surface area (TPSA) is 56.0 Å². The molecule has 0 amide bonds. The molecule has 0 atom stereocenters. The van der Waals surface area contributed by atoms with Gasteiger partial charge in [-0.1, -0.05) is 18.0 Å². The van der Waals surface area contributed by atoms with Crippen LogP contribution in [0.25, 0.3) is 0 Å². The molecule has 18 heavy (non-hydrogen) atoms. The number of hydrogen-bond acceptors (Lipinski definition) is 4. The Labute approximate surface area is 107 Å². The Hall–Kier alpha value is -1.19. The van der Waals surface area contributed by atoms with E-state index >= 15 is 0 Å². The fraction of sp³-hybridized carbons (Fsp3) is 0.786. The predicted molar refractivity (Wildman–Crippen MR) is 66.1 cm³/mol. The van der Waals surface area contributed by atoms with Crippen LogP contribution in [0.1, 0.15) is 63.1 Å². The molecule has 1 aromatic rings. The largest absolute Gasteiger partial charge is 0.339 e. The standard InChI is InChI=1S/C14H20N2O2/c1-9(17)8-12-15-14(16-18-12)13(10-4-2-5-10)11-6-3-7-11/h10-11,13H,2-8H2,1H3. The molecule has 0 N–H and O–H groups in total. The number of carbonyl (C=O) groups is 1. The van der Waals surface area contributed by atoms with Crippen LogP contribution >= 0.6 is 0 Å². The van der Waals surface area contributed by atoms with Crippen molar-refractivity contribution in [1.29, 1.82) is 0 Å². The van der Waals surface area contributed by atoms with Gasteiger partial charge in [0, 0.05) is 5.92 Å². The molecule has 0 saturated heterocycles. The van der Waals surface area contributed by atoms with Gasteiger partial charge in [0.2, 0.25) is 5.89 Å². The second kappa shape index (κ2) is 4.82. The summed E-state index contributed by atoms with van der Waals surface area (Å²) in [6.45, 7) is 1.55. The molecule has 1 aromatic heterocycles. The van der Waals surface area contributed by atoms with E-state index in [1.165, 1.54) is 38.5 Å². The molecule has 98 valence electrons. The molecular formula is C14H20N2O2. The number of aromatic nitrogens is 2. The van der Waals surface area contributed by atoms with Gasteiger partial charge in [-0.2, -0.15) is 4.98 Å². The summed E-state index contributed by atoms with van der Waals surface area (Å²) in [6, 6.07) is 0. The predicted octanol–water partition coefficient (Wildman–Crippen LogP) is 2.88. The SMILES string of the molecule is CC(=O)Cc1nc(C(C2CCC2)C2CCC2)no1. The van der Waals surface area contributed by atoms with E-state index in [1.54, 1.807) is 6.92 Å². The zero-order valence-corrected chi connectivity index (χ0v) is 10.9. The molecular weight excluding hydrogens is 228 g/mol. The Morgan fingerprint density at radius 3 is 2.33 bits per heavy atom. The van der Waals surface area contributed by atoms with E-state index in [-0.39, 0.29) is 12.2 Å². The summed E-state index contributed by atoms with van der Waals surface area (Å²) in [5.41, 5.74) is 0. The molecule has 3 rings (SSSR count). The third kappa shape index (κ3) is 2.20. The summed E-state index contributed by atoms with van der Waals surface area (Å²) in [4.78, 5) is 15.5.